The SMILES string of the molecule is Cc1cccc(C)c1-c1c2ccccc2cc2c(Br)cccc12. The Morgan fingerprint density at radius 1 is 0.609 bits per heavy atom. The van der Waals surface area contributed by atoms with Gasteiger partial charge in [0.1, 0.15) is 0 Å². The van der Waals surface area contributed by atoms with Gasteiger partial charge in [0.15, 0.2) is 0 Å². The van der Waals surface area contributed by atoms with Crippen LogP contribution in [0.1, 0.15) is 11.1 Å². The van der Waals surface area contributed by atoms with Crippen molar-refractivity contribution >= 4 is 37.5 Å². The van der Waals surface area contributed by atoms with Gasteiger partial charge in [0.05, 0.1) is 0 Å². The van der Waals surface area contributed by atoms with Crippen LogP contribution in [-0.2, 0) is 0 Å². The Morgan fingerprint density at radius 2 is 1.26 bits per heavy atom. The highest BCUT2D eigenvalue weighted by Gasteiger charge is 2.14. The monoisotopic (exact) mass is 360 g/mol. The van der Waals surface area contributed by atoms with E-state index in [-0.39, 0.29) is 0 Å². The van der Waals surface area contributed by atoms with E-state index in [0.717, 1.165) is 4.47 Å². The van der Waals surface area contributed by atoms with Crippen LogP contribution in [0.2, 0.25) is 0 Å². The maximum absolute atomic E-state index is 3.73. The van der Waals surface area contributed by atoms with E-state index in [9.17, 15) is 0 Å². The molecular weight excluding hydrogens is 344 g/mol. The van der Waals surface area contributed by atoms with Gasteiger partial charge in [-0.15, -0.1) is 0 Å². The lowest BCUT2D eigenvalue weighted by Gasteiger charge is -2.17. The van der Waals surface area contributed by atoms with Gasteiger partial charge in [-0.25, -0.2) is 0 Å². The minimum Gasteiger partial charge on any atom is -0.0617 e. The molecule has 0 aliphatic rings. The number of benzene rings is 4. The van der Waals surface area contributed by atoms with E-state index in [1.54, 1.807) is 0 Å². The van der Waals surface area contributed by atoms with E-state index in [0.29, 0.717) is 0 Å². The third-order valence-electron chi connectivity index (χ3n) is 4.58. The van der Waals surface area contributed by atoms with E-state index in [1.807, 2.05) is 0 Å². The summed E-state index contributed by atoms with van der Waals surface area (Å²) in [6, 6.07) is 24.0. The van der Waals surface area contributed by atoms with Crippen molar-refractivity contribution in [2.24, 2.45) is 0 Å². The summed E-state index contributed by atoms with van der Waals surface area (Å²) in [6.07, 6.45) is 0. The maximum Gasteiger partial charge on any atom is 0.0254 e. The summed E-state index contributed by atoms with van der Waals surface area (Å²) in [6.45, 7) is 4.40. The molecule has 0 saturated heterocycles. The van der Waals surface area contributed by atoms with Gasteiger partial charge in [0, 0.05) is 4.47 Å². The van der Waals surface area contributed by atoms with Crippen molar-refractivity contribution in [2.75, 3.05) is 0 Å². The average molecular weight is 361 g/mol. The molecular formula is C22H17Br. The third kappa shape index (κ3) is 2.27. The molecule has 0 saturated carbocycles. The Hall–Kier alpha value is -2.12. The number of rotatable bonds is 1. The second kappa shape index (κ2) is 5.50. The molecule has 0 aliphatic heterocycles. The first-order valence-electron chi connectivity index (χ1n) is 7.83. The molecule has 4 rings (SSSR count). The zero-order valence-corrected chi connectivity index (χ0v) is 14.8. The molecule has 0 aliphatic carbocycles. The van der Waals surface area contributed by atoms with Crippen molar-refractivity contribution in [3.8, 4) is 11.1 Å². The fourth-order valence-corrected chi connectivity index (χ4v) is 4.01. The molecule has 0 spiro atoms. The smallest absolute Gasteiger partial charge is 0.0254 e. The van der Waals surface area contributed by atoms with Crippen LogP contribution in [0.15, 0.2) is 71.2 Å². The van der Waals surface area contributed by atoms with Crippen molar-refractivity contribution in [2.45, 2.75) is 13.8 Å². The lowest BCUT2D eigenvalue weighted by Crippen LogP contribution is -1.91. The molecule has 1 heteroatoms. The number of hydrogen-bond acceptors (Lipinski definition) is 0. The Morgan fingerprint density at radius 3 is 2.04 bits per heavy atom. The van der Waals surface area contributed by atoms with Gasteiger partial charge < -0.3 is 0 Å². The molecule has 0 amide bonds. The van der Waals surface area contributed by atoms with Gasteiger partial charge in [-0.3, -0.25) is 0 Å². The lowest BCUT2D eigenvalue weighted by molar-refractivity contribution is 1.39. The van der Waals surface area contributed by atoms with E-state index >= 15 is 0 Å². The Labute approximate surface area is 144 Å². The lowest BCUT2D eigenvalue weighted by atomic mass is 9.88. The molecule has 0 N–H and O–H groups in total. The summed E-state index contributed by atoms with van der Waals surface area (Å²) < 4.78 is 1.15. The zero-order valence-electron chi connectivity index (χ0n) is 13.2. The number of halogens is 1. The normalized spacial score (nSPS) is 11.3. The molecule has 0 heterocycles. The topological polar surface area (TPSA) is 0 Å². The van der Waals surface area contributed by atoms with Gasteiger partial charge in [0.2, 0.25) is 0 Å². The first kappa shape index (κ1) is 14.5. The summed E-state index contributed by atoms with van der Waals surface area (Å²) in [5.41, 5.74) is 5.34. The fraction of sp³-hybridized carbons (Fsp3) is 0.0909. The largest absolute Gasteiger partial charge is 0.0617 e. The highest BCUT2D eigenvalue weighted by Crippen LogP contribution is 2.41. The Balaban J connectivity index is 2.29. The molecule has 0 aromatic heterocycles. The average Bonchev–Trinajstić information content (AvgIpc) is 2.55. The van der Waals surface area contributed by atoms with Gasteiger partial charge in [0.25, 0.3) is 0 Å². The third-order valence-corrected chi connectivity index (χ3v) is 5.27. The fourth-order valence-electron chi connectivity index (χ4n) is 3.53. The number of fused-ring (bicyclic) bond motifs is 2. The highest BCUT2D eigenvalue weighted by atomic mass is 79.9. The number of hydrogen-bond donors (Lipinski definition) is 0. The second-order valence-electron chi connectivity index (χ2n) is 6.07. The number of aryl methyl sites for hydroxylation is 2. The molecule has 0 nitrogen and oxygen atoms in total. The predicted molar refractivity (Wildman–Crippen MR) is 104 cm³/mol. The predicted octanol–water partition coefficient (Wildman–Crippen LogP) is 7.04. The second-order valence-corrected chi connectivity index (χ2v) is 6.93. The first-order valence-corrected chi connectivity index (χ1v) is 8.62. The van der Waals surface area contributed by atoms with Gasteiger partial charge in [-0.05, 0) is 69.8 Å². The van der Waals surface area contributed by atoms with Crippen molar-refractivity contribution in [3.05, 3.63) is 82.3 Å². The molecule has 0 fully saturated rings. The summed E-state index contributed by atoms with van der Waals surface area (Å²) in [5, 5.41) is 5.17. The summed E-state index contributed by atoms with van der Waals surface area (Å²) in [7, 11) is 0. The van der Waals surface area contributed by atoms with Crippen LogP contribution in [0.25, 0.3) is 32.7 Å². The molecule has 4 aromatic carbocycles. The van der Waals surface area contributed by atoms with Gasteiger partial charge >= 0.3 is 0 Å². The van der Waals surface area contributed by atoms with E-state index < -0.39 is 0 Å². The van der Waals surface area contributed by atoms with Crippen LogP contribution in [0.3, 0.4) is 0 Å². The van der Waals surface area contributed by atoms with Crippen LogP contribution in [0, 0.1) is 13.8 Å². The van der Waals surface area contributed by atoms with E-state index in [1.165, 1.54) is 43.8 Å². The van der Waals surface area contributed by atoms with Crippen molar-refractivity contribution in [3.63, 3.8) is 0 Å². The first-order chi connectivity index (χ1) is 11.2. The molecule has 23 heavy (non-hydrogen) atoms. The zero-order chi connectivity index (χ0) is 16.0. The Bertz CT molecular complexity index is 1020. The maximum atomic E-state index is 3.73. The Kier molecular flexibility index (Phi) is 3.46. The summed E-state index contributed by atoms with van der Waals surface area (Å²) in [4.78, 5) is 0. The minimum atomic E-state index is 1.15. The summed E-state index contributed by atoms with van der Waals surface area (Å²) >= 11 is 3.73. The van der Waals surface area contributed by atoms with Crippen molar-refractivity contribution in [1.82, 2.24) is 0 Å². The molecule has 112 valence electrons. The van der Waals surface area contributed by atoms with Crippen LogP contribution in [-0.4, -0.2) is 0 Å². The van der Waals surface area contributed by atoms with E-state index in [4.69, 9.17) is 0 Å². The molecule has 0 unspecified atom stereocenters. The summed E-state index contributed by atoms with van der Waals surface area (Å²) in [5.74, 6) is 0. The highest BCUT2D eigenvalue weighted by molar-refractivity contribution is 9.10. The van der Waals surface area contributed by atoms with Crippen molar-refractivity contribution < 1.29 is 0 Å². The van der Waals surface area contributed by atoms with E-state index in [2.05, 4.69) is 96.5 Å². The van der Waals surface area contributed by atoms with Crippen molar-refractivity contribution in [1.29, 1.82) is 0 Å². The van der Waals surface area contributed by atoms with Crippen LogP contribution < -0.4 is 0 Å². The molecule has 0 atom stereocenters. The van der Waals surface area contributed by atoms with Crippen LogP contribution in [0.4, 0.5) is 0 Å². The quantitative estimate of drug-likeness (QED) is 0.319. The van der Waals surface area contributed by atoms with Gasteiger partial charge in [-0.1, -0.05) is 70.5 Å². The van der Waals surface area contributed by atoms with Crippen LogP contribution in [0.5, 0.6) is 0 Å². The van der Waals surface area contributed by atoms with Crippen LogP contribution >= 0.6 is 15.9 Å². The molecule has 4 aromatic rings. The van der Waals surface area contributed by atoms with Gasteiger partial charge in [-0.2, -0.15) is 0 Å². The standard InChI is InChI=1S/C22H17Br/c1-14-7-5-8-15(2)21(14)22-17-10-4-3-9-16(17)13-19-18(22)11-6-12-20(19)23/h3-13H,1-2H3. The molecule has 0 bridgehead atoms. The molecule has 0 radical (unpaired) electrons. The minimum absolute atomic E-state index is 1.15.